The lowest BCUT2D eigenvalue weighted by Crippen LogP contribution is -2.35. The molecule has 0 spiro atoms. The molecule has 17 heteroatoms. The van der Waals surface area contributed by atoms with Gasteiger partial charge in [-0.2, -0.15) is 26.3 Å². The van der Waals surface area contributed by atoms with E-state index in [0.29, 0.717) is 37.3 Å². The van der Waals surface area contributed by atoms with Gasteiger partial charge in [-0.25, -0.2) is 14.2 Å². The smallest absolute Gasteiger partial charge is 0.416 e. The van der Waals surface area contributed by atoms with Crippen molar-refractivity contribution >= 4 is 17.7 Å². The zero-order chi connectivity index (χ0) is 35.7. The number of halogens is 7. The molecule has 3 heterocycles. The quantitative estimate of drug-likeness (QED) is 0.187. The van der Waals surface area contributed by atoms with Crippen molar-refractivity contribution in [3.63, 3.8) is 0 Å². The molecular formula is C32H29F7N6O4. The number of benzene rings is 2. The molecule has 1 atom stereocenters. The summed E-state index contributed by atoms with van der Waals surface area (Å²) >= 11 is 0. The number of ether oxygens (including phenoxy) is 1. The molecule has 1 aliphatic heterocycles. The molecule has 0 N–H and O–H groups in total. The Morgan fingerprint density at radius 2 is 1.67 bits per heavy atom. The number of aromatic nitrogens is 4. The first-order chi connectivity index (χ1) is 22.9. The predicted octanol–water partition coefficient (Wildman–Crippen LogP) is 7.20. The van der Waals surface area contributed by atoms with E-state index in [1.165, 1.54) is 24.5 Å². The van der Waals surface area contributed by atoms with Gasteiger partial charge in [0.1, 0.15) is 23.7 Å². The molecule has 4 aromatic rings. The van der Waals surface area contributed by atoms with Crippen LogP contribution in [0.3, 0.4) is 0 Å². The maximum atomic E-state index is 13.8. The summed E-state index contributed by atoms with van der Waals surface area (Å²) in [4.78, 5) is 37.1. The molecule has 0 saturated carbocycles. The van der Waals surface area contributed by atoms with E-state index in [9.17, 15) is 40.3 Å². The third kappa shape index (κ3) is 8.69. The lowest BCUT2D eigenvalue weighted by atomic mass is 10.00. The molecule has 1 fully saturated rings. The molecule has 2 amide bonds. The standard InChI is InChI=1S/C32H29F7N6O4/c1-30(2,3)49-29(47)44-11-10-19(16-44)24-14-41-25(15-40-24)28-43-42-26(48-28)17-45(22-8-6-21(33)7-9-22)27(46)12-18-4-5-20(31(34,35)36)13-23(18)32(37,38)39/h4-9,13-15,19H,10-12,16-17H2,1-3H3. The number of anilines is 1. The fourth-order valence-electron chi connectivity index (χ4n) is 5.08. The van der Waals surface area contributed by atoms with Gasteiger partial charge in [0.15, 0.2) is 0 Å². The molecule has 1 unspecified atom stereocenters. The van der Waals surface area contributed by atoms with Gasteiger partial charge < -0.3 is 19.0 Å². The van der Waals surface area contributed by atoms with E-state index in [-0.39, 0.29) is 35.1 Å². The summed E-state index contributed by atoms with van der Waals surface area (Å²) in [6, 6.07) is 5.43. The molecule has 1 saturated heterocycles. The molecule has 49 heavy (non-hydrogen) atoms. The van der Waals surface area contributed by atoms with Gasteiger partial charge in [-0.05, 0) is 69.2 Å². The first kappa shape index (κ1) is 35.2. The number of alkyl halides is 6. The van der Waals surface area contributed by atoms with Crippen molar-refractivity contribution in [1.82, 2.24) is 25.1 Å². The van der Waals surface area contributed by atoms with Crippen LogP contribution >= 0.6 is 0 Å². The third-order valence-electron chi connectivity index (χ3n) is 7.43. The molecule has 0 bridgehead atoms. The number of rotatable bonds is 7. The largest absolute Gasteiger partial charge is 0.444 e. The number of carbonyl (C=O) groups excluding carboxylic acids is 2. The molecular weight excluding hydrogens is 665 g/mol. The van der Waals surface area contributed by atoms with Gasteiger partial charge in [-0.3, -0.25) is 9.78 Å². The van der Waals surface area contributed by atoms with Crippen LogP contribution in [-0.4, -0.2) is 55.8 Å². The summed E-state index contributed by atoms with van der Waals surface area (Å²) in [7, 11) is 0. The maximum absolute atomic E-state index is 13.8. The summed E-state index contributed by atoms with van der Waals surface area (Å²) in [6.07, 6.45) is -8.08. The molecule has 1 aliphatic rings. The Labute approximate surface area is 274 Å². The number of hydrogen-bond donors (Lipinski definition) is 0. The fourth-order valence-corrected chi connectivity index (χ4v) is 5.08. The second kappa shape index (κ2) is 13.4. The van der Waals surface area contributed by atoms with Crippen LogP contribution in [0.2, 0.25) is 0 Å². The number of likely N-dealkylation sites (tertiary alicyclic amines) is 1. The SMILES string of the molecule is CC(C)(C)OC(=O)N1CCC(c2cnc(-c3nnc(CN(C(=O)Cc4ccc(C(F)(F)F)cc4C(F)(F)F)c4ccc(F)cc4)o3)cn2)C1. The highest BCUT2D eigenvalue weighted by atomic mass is 19.4. The molecule has 0 aliphatic carbocycles. The Kier molecular flexibility index (Phi) is 9.65. The zero-order valence-corrected chi connectivity index (χ0v) is 26.3. The van der Waals surface area contributed by atoms with Crippen molar-refractivity contribution in [3.05, 3.63) is 89.0 Å². The summed E-state index contributed by atoms with van der Waals surface area (Å²) in [5.41, 5.74) is -3.64. The van der Waals surface area contributed by atoms with Gasteiger partial charge in [0.2, 0.25) is 11.8 Å². The van der Waals surface area contributed by atoms with Crippen LogP contribution in [0, 0.1) is 5.82 Å². The Morgan fingerprint density at radius 1 is 0.959 bits per heavy atom. The van der Waals surface area contributed by atoms with E-state index in [0.717, 1.165) is 17.0 Å². The van der Waals surface area contributed by atoms with Crippen molar-refractivity contribution in [1.29, 1.82) is 0 Å². The number of amides is 2. The highest BCUT2D eigenvalue weighted by Gasteiger charge is 2.39. The van der Waals surface area contributed by atoms with Gasteiger partial charge in [-0.1, -0.05) is 6.07 Å². The zero-order valence-electron chi connectivity index (χ0n) is 26.3. The Bertz CT molecular complexity index is 1800. The van der Waals surface area contributed by atoms with Crippen LogP contribution < -0.4 is 4.90 Å². The molecule has 5 rings (SSSR count). The first-order valence-corrected chi connectivity index (χ1v) is 14.8. The second-order valence-electron chi connectivity index (χ2n) is 12.2. The van der Waals surface area contributed by atoms with Gasteiger partial charge in [0.05, 0.1) is 29.4 Å². The van der Waals surface area contributed by atoms with E-state index in [2.05, 4.69) is 20.2 Å². The van der Waals surface area contributed by atoms with Crippen molar-refractivity contribution in [2.24, 2.45) is 0 Å². The monoisotopic (exact) mass is 694 g/mol. The van der Waals surface area contributed by atoms with Gasteiger partial charge in [0.25, 0.3) is 5.89 Å². The lowest BCUT2D eigenvalue weighted by Gasteiger charge is -2.24. The van der Waals surface area contributed by atoms with Gasteiger partial charge in [0, 0.05) is 30.9 Å². The normalized spacial score (nSPS) is 15.4. The van der Waals surface area contributed by atoms with Crippen molar-refractivity contribution in [3.8, 4) is 11.6 Å². The summed E-state index contributed by atoms with van der Waals surface area (Å²) in [6.45, 7) is 5.72. The van der Waals surface area contributed by atoms with Gasteiger partial charge >= 0.3 is 18.4 Å². The number of nitrogens with zero attached hydrogens (tertiary/aromatic N) is 6. The minimum Gasteiger partial charge on any atom is -0.444 e. The van der Waals surface area contributed by atoms with Gasteiger partial charge in [-0.15, -0.1) is 10.2 Å². The third-order valence-corrected chi connectivity index (χ3v) is 7.43. The second-order valence-corrected chi connectivity index (χ2v) is 12.2. The van der Waals surface area contributed by atoms with Crippen LogP contribution in [-0.2, 0) is 34.8 Å². The molecule has 260 valence electrons. The average molecular weight is 695 g/mol. The minimum absolute atomic E-state index is 0.0488. The van der Waals surface area contributed by atoms with Crippen LogP contribution in [0.15, 0.2) is 59.3 Å². The summed E-state index contributed by atoms with van der Waals surface area (Å²) in [5.74, 6) is -1.99. The Balaban J connectivity index is 1.33. The van der Waals surface area contributed by atoms with E-state index in [1.54, 1.807) is 25.7 Å². The van der Waals surface area contributed by atoms with Crippen LogP contribution in [0.25, 0.3) is 11.6 Å². The number of carbonyl (C=O) groups is 2. The highest BCUT2D eigenvalue weighted by molar-refractivity contribution is 5.94. The topological polar surface area (TPSA) is 115 Å². The molecule has 10 nitrogen and oxygen atoms in total. The van der Waals surface area contributed by atoms with Crippen molar-refractivity contribution < 1.29 is 49.5 Å². The fraction of sp³-hybridized carbons (Fsp3) is 0.375. The highest BCUT2D eigenvalue weighted by Crippen LogP contribution is 2.38. The summed E-state index contributed by atoms with van der Waals surface area (Å²) < 4.78 is 106. The van der Waals surface area contributed by atoms with E-state index in [4.69, 9.17) is 9.15 Å². The van der Waals surface area contributed by atoms with Crippen LogP contribution in [0.1, 0.15) is 61.4 Å². The molecule has 0 radical (unpaired) electrons. The Hall–Kier alpha value is -5.09. The van der Waals surface area contributed by atoms with Crippen LogP contribution in [0.4, 0.5) is 41.2 Å². The predicted molar refractivity (Wildman–Crippen MR) is 158 cm³/mol. The van der Waals surface area contributed by atoms with Crippen molar-refractivity contribution in [2.45, 2.75) is 64.0 Å². The van der Waals surface area contributed by atoms with Crippen LogP contribution in [0.5, 0.6) is 0 Å². The minimum atomic E-state index is -5.19. The Morgan fingerprint density at radius 3 is 2.29 bits per heavy atom. The molecule has 2 aromatic carbocycles. The number of hydrogen-bond acceptors (Lipinski definition) is 8. The lowest BCUT2D eigenvalue weighted by molar-refractivity contribution is -0.143. The maximum Gasteiger partial charge on any atom is 0.416 e. The van der Waals surface area contributed by atoms with E-state index in [1.807, 2.05) is 0 Å². The first-order valence-electron chi connectivity index (χ1n) is 14.8. The van der Waals surface area contributed by atoms with Crippen molar-refractivity contribution in [2.75, 3.05) is 18.0 Å². The molecule has 2 aromatic heterocycles. The van der Waals surface area contributed by atoms with E-state index >= 15 is 0 Å². The van der Waals surface area contributed by atoms with E-state index < -0.39 is 65.4 Å². The average Bonchev–Trinajstić information content (AvgIpc) is 3.70. The summed E-state index contributed by atoms with van der Waals surface area (Å²) in [5, 5.41) is 7.83.